The van der Waals surface area contributed by atoms with Gasteiger partial charge in [0.25, 0.3) is 5.91 Å². The molecule has 0 N–H and O–H groups in total. The second-order valence-electron chi connectivity index (χ2n) is 7.55. The molecule has 0 bridgehead atoms. The van der Waals surface area contributed by atoms with Gasteiger partial charge in [-0.1, -0.05) is 0 Å². The molecule has 1 saturated carbocycles. The Balaban J connectivity index is 1.44. The van der Waals surface area contributed by atoms with Gasteiger partial charge in [0.15, 0.2) is 11.5 Å². The standard InChI is InChI=1S/C23H22N2O4S/c1-14(15-3-4-15)25(17-6-8-18(27-2)9-7-17)23(26)21-12-24-22(30-21)16-5-10-19-20(11-16)29-13-28-19/h5-12,14-15H,3-4,13H2,1-2H3. The van der Waals surface area contributed by atoms with Crippen LogP contribution in [0.2, 0.25) is 0 Å². The number of benzene rings is 2. The molecule has 1 amide bonds. The average molecular weight is 423 g/mol. The van der Waals surface area contributed by atoms with Gasteiger partial charge in [-0.25, -0.2) is 4.98 Å². The summed E-state index contributed by atoms with van der Waals surface area (Å²) in [6.45, 7) is 2.36. The van der Waals surface area contributed by atoms with Crippen molar-refractivity contribution in [3.8, 4) is 27.8 Å². The van der Waals surface area contributed by atoms with Crippen molar-refractivity contribution in [3.63, 3.8) is 0 Å². The zero-order valence-corrected chi connectivity index (χ0v) is 17.6. The maximum Gasteiger partial charge on any atom is 0.270 e. The Morgan fingerprint density at radius 1 is 1.17 bits per heavy atom. The molecule has 1 aliphatic heterocycles. The molecule has 1 aromatic heterocycles. The van der Waals surface area contributed by atoms with Crippen LogP contribution in [0.4, 0.5) is 5.69 Å². The van der Waals surface area contributed by atoms with Crippen LogP contribution in [0.25, 0.3) is 10.6 Å². The Bertz CT molecular complexity index is 1080. The second-order valence-corrected chi connectivity index (χ2v) is 8.58. The SMILES string of the molecule is COc1ccc(N(C(=O)c2cnc(-c3ccc4c(c3)OCO4)s2)C(C)C2CC2)cc1. The zero-order chi connectivity index (χ0) is 20.7. The first kappa shape index (κ1) is 18.9. The van der Waals surface area contributed by atoms with Crippen molar-refractivity contribution in [2.75, 3.05) is 18.8 Å². The molecular weight excluding hydrogens is 400 g/mol. The van der Waals surface area contributed by atoms with E-state index >= 15 is 0 Å². The van der Waals surface area contributed by atoms with Crippen LogP contribution in [-0.2, 0) is 0 Å². The van der Waals surface area contributed by atoms with Gasteiger partial charge in [-0.15, -0.1) is 11.3 Å². The molecule has 1 atom stereocenters. The van der Waals surface area contributed by atoms with Crippen LogP contribution in [0, 0.1) is 5.92 Å². The van der Waals surface area contributed by atoms with E-state index in [-0.39, 0.29) is 18.7 Å². The molecule has 154 valence electrons. The van der Waals surface area contributed by atoms with E-state index in [9.17, 15) is 4.79 Å². The third-order valence-corrected chi connectivity index (χ3v) is 6.65. The largest absolute Gasteiger partial charge is 0.497 e. The van der Waals surface area contributed by atoms with Gasteiger partial charge in [0.2, 0.25) is 6.79 Å². The second kappa shape index (κ2) is 7.65. The number of carbonyl (C=O) groups excluding carboxylic acids is 1. The van der Waals surface area contributed by atoms with Crippen molar-refractivity contribution in [1.29, 1.82) is 0 Å². The van der Waals surface area contributed by atoms with E-state index in [1.807, 2.05) is 47.4 Å². The molecule has 1 unspecified atom stereocenters. The Kier molecular flexibility index (Phi) is 4.83. The maximum atomic E-state index is 13.5. The third-order valence-electron chi connectivity index (χ3n) is 5.62. The molecule has 7 heteroatoms. The molecule has 5 rings (SSSR count). The molecule has 1 fully saturated rings. The average Bonchev–Trinajstić information content (AvgIpc) is 3.32. The van der Waals surface area contributed by atoms with Gasteiger partial charge in [-0.3, -0.25) is 4.79 Å². The lowest BCUT2D eigenvalue weighted by Crippen LogP contribution is -2.39. The first-order chi connectivity index (χ1) is 14.6. The van der Waals surface area contributed by atoms with Crippen molar-refractivity contribution in [2.24, 2.45) is 5.92 Å². The number of ether oxygens (including phenoxy) is 3. The van der Waals surface area contributed by atoms with Crippen LogP contribution < -0.4 is 19.1 Å². The molecule has 2 aromatic carbocycles. The minimum absolute atomic E-state index is 0.0240. The summed E-state index contributed by atoms with van der Waals surface area (Å²) < 4.78 is 16.1. The van der Waals surface area contributed by atoms with Gasteiger partial charge in [0.1, 0.15) is 15.6 Å². The number of amides is 1. The fourth-order valence-electron chi connectivity index (χ4n) is 3.72. The first-order valence-electron chi connectivity index (χ1n) is 9.97. The molecule has 0 saturated heterocycles. The summed E-state index contributed by atoms with van der Waals surface area (Å²) in [5, 5.41) is 0.783. The van der Waals surface area contributed by atoms with Crippen LogP contribution in [-0.4, -0.2) is 30.8 Å². The van der Waals surface area contributed by atoms with E-state index in [1.54, 1.807) is 13.3 Å². The van der Waals surface area contributed by atoms with Crippen molar-refractivity contribution >= 4 is 22.9 Å². The molecule has 30 heavy (non-hydrogen) atoms. The molecular formula is C23H22N2O4S. The number of nitrogens with zero attached hydrogens (tertiary/aromatic N) is 2. The van der Waals surface area contributed by atoms with Crippen molar-refractivity contribution in [3.05, 3.63) is 53.5 Å². The van der Waals surface area contributed by atoms with E-state index in [0.717, 1.165) is 40.6 Å². The van der Waals surface area contributed by atoms with E-state index in [4.69, 9.17) is 14.2 Å². The van der Waals surface area contributed by atoms with Gasteiger partial charge in [-0.05, 0) is 68.1 Å². The highest BCUT2D eigenvalue weighted by atomic mass is 32.1. The van der Waals surface area contributed by atoms with Crippen molar-refractivity contribution in [1.82, 2.24) is 4.98 Å². The van der Waals surface area contributed by atoms with E-state index in [1.165, 1.54) is 11.3 Å². The summed E-state index contributed by atoms with van der Waals surface area (Å²) in [5.41, 5.74) is 1.78. The highest BCUT2D eigenvalue weighted by Crippen LogP contribution is 2.40. The van der Waals surface area contributed by atoms with Crippen LogP contribution in [0.15, 0.2) is 48.7 Å². The topological polar surface area (TPSA) is 60.9 Å². The van der Waals surface area contributed by atoms with Crippen LogP contribution >= 0.6 is 11.3 Å². The molecule has 1 aliphatic carbocycles. The van der Waals surface area contributed by atoms with Crippen molar-refractivity contribution in [2.45, 2.75) is 25.8 Å². The zero-order valence-electron chi connectivity index (χ0n) is 16.8. The number of hydrogen-bond donors (Lipinski definition) is 0. The third kappa shape index (κ3) is 3.50. The number of hydrogen-bond acceptors (Lipinski definition) is 6. The normalized spacial score (nSPS) is 15.7. The Labute approximate surface area is 179 Å². The summed E-state index contributed by atoms with van der Waals surface area (Å²) in [5.74, 6) is 2.72. The number of fused-ring (bicyclic) bond motifs is 1. The predicted octanol–water partition coefficient (Wildman–Crippen LogP) is 4.99. The molecule has 6 nitrogen and oxygen atoms in total. The summed E-state index contributed by atoms with van der Waals surface area (Å²) in [6.07, 6.45) is 3.99. The monoisotopic (exact) mass is 422 g/mol. The Morgan fingerprint density at radius 2 is 1.93 bits per heavy atom. The van der Waals surface area contributed by atoms with E-state index < -0.39 is 0 Å². The first-order valence-corrected chi connectivity index (χ1v) is 10.8. The summed E-state index contributed by atoms with van der Waals surface area (Å²) >= 11 is 1.40. The van der Waals surface area contributed by atoms with Crippen LogP contribution in [0.3, 0.4) is 0 Å². The molecule has 0 radical (unpaired) electrons. The van der Waals surface area contributed by atoms with E-state index in [2.05, 4.69) is 11.9 Å². The quantitative estimate of drug-likeness (QED) is 0.560. The fraction of sp³-hybridized carbons (Fsp3) is 0.304. The lowest BCUT2D eigenvalue weighted by Gasteiger charge is -2.29. The maximum absolute atomic E-state index is 13.5. The minimum atomic E-state index is -0.0240. The van der Waals surface area contributed by atoms with Gasteiger partial charge >= 0.3 is 0 Å². The summed E-state index contributed by atoms with van der Waals surface area (Å²) in [6, 6.07) is 13.5. The molecule has 2 heterocycles. The molecule has 0 spiro atoms. The van der Waals surface area contributed by atoms with E-state index in [0.29, 0.717) is 16.5 Å². The number of carbonyl (C=O) groups is 1. The Morgan fingerprint density at radius 3 is 2.67 bits per heavy atom. The fourth-order valence-corrected chi connectivity index (χ4v) is 4.57. The lowest BCUT2D eigenvalue weighted by atomic mass is 10.1. The molecule has 2 aliphatic rings. The highest BCUT2D eigenvalue weighted by Gasteiger charge is 2.36. The number of methoxy groups -OCH3 is 1. The number of anilines is 1. The summed E-state index contributed by atoms with van der Waals surface area (Å²) in [4.78, 5) is 20.6. The van der Waals surface area contributed by atoms with Crippen LogP contribution in [0.1, 0.15) is 29.4 Å². The van der Waals surface area contributed by atoms with Gasteiger partial charge in [-0.2, -0.15) is 0 Å². The number of aromatic nitrogens is 1. The number of rotatable bonds is 6. The lowest BCUT2D eigenvalue weighted by molar-refractivity contribution is 0.0979. The van der Waals surface area contributed by atoms with Crippen molar-refractivity contribution < 1.29 is 19.0 Å². The Hall–Kier alpha value is -3.06. The smallest absolute Gasteiger partial charge is 0.270 e. The van der Waals surface area contributed by atoms with Crippen LogP contribution in [0.5, 0.6) is 17.2 Å². The number of thiazole rings is 1. The van der Waals surface area contributed by atoms with Gasteiger partial charge < -0.3 is 19.1 Å². The predicted molar refractivity (Wildman–Crippen MR) is 116 cm³/mol. The molecule has 3 aromatic rings. The summed E-state index contributed by atoms with van der Waals surface area (Å²) in [7, 11) is 1.64. The van der Waals surface area contributed by atoms with Gasteiger partial charge in [0, 0.05) is 17.3 Å². The minimum Gasteiger partial charge on any atom is -0.497 e. The highest BCUT2D eigenvalue weighted by molar-refractivity contribution is 7.17. The van der Waals surface area contributed by atoms with Gasteiger partial charge in [0.05, 0.1) is 13.3 Å².